The zero-order chi connectivity index (χ0) is 14.3. The average molecular weight is 266 g/mol. The van der Waals surface area contributed by atoms with Gasteiger partial charge in [-0.1, -0.05) is 6.07 Å². The molecule has 102 valence electrons. The van der Waals surface area contributed by atoms with Crippen LogP contribution in [0.1, 0.15) is 10.4 Å². The first-order valence-corrected chi connectivity index (χ1v) is 5.42. The number of esters is 1. The van der Waals surface area contributed by atoms with Crippen LogP contribution in [0.4, 0.5) is 10.1 Å². The van der Waals surface area contributed by atoms with E-state index in [-0.39, 0.29) is 11.3 Å². The van der Waals surface area contributed by atoms with Crippen molar-refractivity contribution >= 4 is 24.1 Å². The minimum absolute atomic E-state index is 0.188. The van der Waals surface area contributed by atoms with Crippen LogP contribution in [-0.2, 0) is 4.74 Å². The molecule has 0 atom stereocenters. The van der Waals surface area contributed by atoms with E-state index in [1.807, 2.05) is 0 Å². The van der Waals surface area contributed by atoms with Gasteiger partial charge in [0, 0.05) is 14.1 Å². The van der Waals surface area contributed by atoms with Gasteiger partial charge in [-0.25, -0.2) is 9.18 Å². The SMILES string of the molecule is COC(=O)c1c(F)cccc1N/N=C/C=N/N(C)C. The van der Waals surface area contributed by atoms with Gasteiger partial charge < -0.3 is 9.75 Å². The zero-order valence-corrected chi connectivity index (χ0v) is 10.9. The summed E-state index contributed by atoms with van der Waals surface area (Å²) in [5, 5.41) is 9.30. The summed E-state index contributed by atoms with van der Waals surface area (Å²) in [6.45, 7) is 0. The lowest BCUT2D eigenvalue weighted by molar-refractivity contribution is 0.0596. The van der Waals surface area contributed by atoms with Crippen LogP contribution >= 0.6 is 0 Å². The Morgan fingerprint density at radius 3 is 2.79 bits per heavy atom. The molecule has 0 aliphatic carbocycles. The molecule has 0 aliphatic heterocycles. The third-order valence-corrected chi connectivity index (χ3v) is 2.03. The van der Waals surface area contributed by atoms with E-state index >= 15 is 0 Å². The number of benzene rings is 1. The summed E-state index contributed by atoms with van der Waals surface area (Å²) in [5.41, 5.74) is 2.60. The lowest BCUT2D eigenvalue weighted by atomic mass is 10.1. The molecular weight excluding hydrogens is 251 g/mol. The number of methoxy groups -OCH3 is 1. The minimum atomic E-state index is -0.766. The van der Waals surface area contributed by atoms with Gasteiger partial charge in [-0.15, -0.1) is 0 Å². The van der Waals surface area contributed by atoms with Gasteiger partial charge in [-0.3, -0.25) is 5.43 Å². The van der Waals surface area contributed by atoms with Crippen LogP contribution in [0, 0.1) is 5.82 Å². The molecule has 1 N–H and O–H groups in total. The van der Waals surface area contributed by atoms with E-state index in [9.17, 15) is 9.18 Å². The topological polar surface area (TPSA) is 66.3 Å². The van der Waals surface area contributed by atoms with Gasteiger partial charge in [0.25, 0.3) is 0 Å². The first kappa shape index (κ1) is 14.6. The molecule has 1 aromatic carbocycles. The number of hydrazone groups is 2. The van der Waals surface area contributed by atoms with Crippen molar-refractivity contribution in [3.8, 4) is 0 Å². The van der Waals surface area contributed by atoms with Crippen molar-refractivity contribution in [3.63, 3.8) is 0 Å². The maximum atomic E-state index is 13.5. The highest BCUT2D eigenvalue weighted by Crippen LogP contribution is 2.19. The monoisotopic (exact) mass is 266 g/mol. The number of halogens is 1. The molecule has 0 aliphatic rings. The second-order valence-corrected chi connectivity index (χ2v) is 3.66. The summed E-state index contributed by atoms with van der Waals surface area (Å²) in [4.78, 5) is 11.4. The largest absolute Gasteiger partial charge is 0.465 e. The number of rotatable bonds is 5. The Labute approximate surface area is 110 Å². The Balaban J connectivity index is 2.84. The Kier molecular flexibility index (Phi) is 5.46. The summed E-state index contributed by atoms with van der Waals surface area (Å²) in [5.74, 6) is -1.44. The molecule has 7 heteroatoms. The highest BCUT2D eigenvalue weighted by molar-refractivity contribution is 6.16. The normalized spacial score (nSPS) is 10.9. The molecule has 0 amide bonds. The average Bonchev–Trinajstić information content (AvgIpc) is 2.37. The summed E-state index contributed by atoms with van der Waals surface area (Å²) in [6.07, 6.45) is 2.83. The van der Waals surface area contributed by atoms with Crippen LogP contribution < -0.4 is 5.43 Å². The number of hydrogen-bond donors (Lipinski definition) is 1. The Morgan fingerprint density at radius 2 is 2.16 bits per heavy atom. The number of hydrogen-bond acceptors (Lipinski definition) is 6. The van der Waals surface area contributed by atoms with E-state index in [2.05, 4.69) is 20.4 Å². The van der Waals surface area contributed by atoms with Crippen molar-refractivity contribution in [2.45, 2.75) is 0 Å². The van der Waals surface area contributed by atoms with Crippen LogP contribution in [0.15, 0.2) is 28.4 Å². The highest BCUT2D eigenvalue weighted by Gasteiger charge is 2.16. The number of carbonyl (C=O) groups is 1. The van der Waals surface area contributed by atoms with Gasteiger partial charge in [0.05, 0.1) is 25.2 Å². The Bertz CT molecular complexity index is 501. The molecule has 0 aromatic heterocycles. The fourth-order valence-electron chi connectivity index (χ4n) is 1.23. The molecule has 0 bridgehead atoms. The van der Waals surface area contributed by atoms with Crippen LogP contribution in [0.3, 0.4) is 0 Å². The van der Waals surface area contributed by atoms with Crippen molar-refractivity contribution in [2.75, 3.05) is 26.6 Å². The van der Waals surface area contributed by atoms with Crippen molar-refractivity contribution < 1.29 is 13.9 Å². The molecule has 1 aromatic rings. The van der Waals surface area contributed by atoms with Gasteiger partial charge in [-0.2, -0.15) is 10.2 Å². The molecule has 0 saturated heterocycles. The van der Waals surface area contributed by atoms with Gasteiger partial charge in [0.2, 0.25) is 0 Å². The third-order valence-electron chi connectivity index (χ3n) is 2.03. The predicted molar refractivity (Wildman–Crippen MR) is 72.0 cm³/mol. The maximum absolute atomic E-state index is 13.5. The minimum Gasteiger partial charge on any atom is -0.465 e. The van der Waals surface area contributed by atoms with Gasteiger partial charge in [-0.05, 0) is 12.1 Å². The molecule has 6 nitrogen and oxygen atoms in total. The molecule has 0 heterocycles. The van der Waals surface area contributed by atoms with Crippen LogP contribution in [0.25, 0.3) is 0 Å². The summed E-state index contributed by atoms with van der Waals surface area (Å²) >= 11 is 0. The predicted octanol–water partition coefficient (Wildman–Crippen LogP) is 1.56. The fourth-order valence-corrected chi connectivity index (χ4v) is 1.23. The standard InChI is InChI=1S/C12H15FN4O2/c1-17(2)15-8-7-14-16-10-6-4-5-9(13)11(10)12(18)19-3/h4-8,16H,1-3H3/b14-7+,15-8+. The van der Waals surface area contributed by atoms with E-state index in [1.54, 1.807) is 19.1 Å². The van der Waals surface area contributed by atoms with Crippen molar-refractivity contribution in [1.82, 2.24) is 5.01 Å². The number of anilines is 1. The third kappa shape index (κ3) is 4.38. The molecule has 1 rings (SSSR count). The number of ether oxygens (including phenoxy) is 1. The maximum Gasteiger partial charge on any atom is 0.343 e. The molecule has 19 heavy (non-hydrogen) atoms. The summed E-state index contributed by atoms with van der Waals surface area (Å²) < 4.78 is 18.1. The van der Waals surface area contributed by atoms with Crippen LogP contribution in [-0.4, -0.2) is 44.6 Å². The smallest absolute Gasteiger partial charge is 0.343 e. The number of nitrogens with zero attached hydrogens (tertiary/aromatic N) is 3. The van der Waals surface area contributed by atoms with Gasteiger partial charge >= 0.3 is 5.97 Å². The second-order valence-electron chi connectivity index (χ2n) is 3.66. The number of nitrogens with one attached hydrogen (secondary N) is 1. The first-order chi connectivity index (χ1) is 9.06. The van der Waals surface area contributed by atoms with E-state index in [4.69, 9.17) is 0 Å². The van der Waals surface area contributed by atoms with Gasteiger partial charge in [0.1, 0.15) is 11.4 Å². The van der Waals surface area contributed by atoms with Crippen molar-refractivity contribution in [3.05, 3.63) is 29.6 Å². The molecular formula is C12H15FN4O2. The highest BCUT2D eigenvalue weighted by atomic mass is 19.1. The van der Waals surface area contributed by atoms with E-state index in [1.165, 1.54) is 37.7 Å². The van der Waals surface area contributed by atoms with E-state index in [0.717, 1.165) is 0 Å². The lowest BCUT2D eigenvalue weighted by Gasteiger charge is -2.07. The van der Waals surface area contributed by atoms with Crippen molar-refractivity contribution in [1.29, 1.82) is 0 Å². The fraction of sp³-hybridized carbons (Fsp3) is 0.250. The molecule has 0 fully saturated rings. The van der Waals surface area contributed by atoms with E-state index in [0.29, 0.717) is 0 Å². The molecule has 0 unspecified atom stereocenters. The lowest BCUT2D eigenvalue weighted by Crippen LogP contribution is -2.08. The summed E-state index contributed by atoms with van der Waals surface area (Å²) in [7, 11) is 4.71. The van der Waals surface area contributed by atoms with E-state index < -0.39 is 11.8 Å². The summed E-state index contributed by atoms with van der Waals surface area (Å²) in [6, 6.07) is 4.16. The Hall–Kier alpha value is -2.44. The zero-order valence-electron chi connectivity index (χ0n) is 10.9. The molecule has 0 spiro atoms. The van der Waals surface area contributed by atoms with Crippen LogP contribution in [0.5, 0.6) is 0 Å². The van der Waals surface area contributed by atoms with Gasteiger partial charge in [0.15, 0.2) is 0 Å². The molecule has 0 radical (unpaired) electrons. The first-order valence-electron chi connectivity index (χ1n) is 5.42. The second kappa shape index (κ2) is 7.10. The van der Waals surface area contributed by atoms with Crippen molar-refractivity contribution in [2.24, 2.45) is 10.2 Å². The number of carbonyl (C=O) groups excluding carboxylic acids is 1. The Morgan fingerprint density at radius 1 is 1.42 bits per heavy atom. The van der Waals surface area contributed by atoms with Crippen LogP contribution in [0.2, 0.25) is 0 Å². The molecule has 0 saturated carbocycles. The quantitative estimate of drug-likeness (QED) is 0.499.